The van der Waals surface area contributed by atoms with Crippen molar-refractivity contribution in [3.05, 3.63) is 24.3 Å². The molecule has 0 spiro atoms. The van der Waals surface area contributed by atoms with Gasteiger partial charge in [-0.25, -0.2) is 0 Å². The molecular formula is C17H29N. The molecule has 0 fully saturated rings. The summed E-state index contributed by atoms with van der Waals surface area (Å²) in [4.78, 5) is 0. The molecule has 0 aliphatic carbocycles. The highest BCUT2D eigenvalue weighted by molar-refractivity contribution is 4.93. The minimum atomic E-state index is 0.637. The van der Waals surface area contributed by atoms with Gasteiger partial charge in [-0.05, 0) is 25.7 Å². The van der Waals surface area contributed by atoms with Gasteiger partial charge in [0.1, 0.15) is 0 Å². The van der Waals surface area contributed by atoms with Crippen molar-refractivity contribution in [2.75, 3.05) is 0 Å². The maximum atomic E-state index is 8.36. The number of nitrogens with zero attached hydrogens (tertiary/aromatic N) is 1. The van der Waals surface area contributed by atoms with Gasteiger partial charge in [0.2, 0.25) is 0 Å². The van der Waals surface area contributed by atoms with Crippen LogP contribution in [0.15, 0.2) is 24.3 Å². The van der Waals surface area contributed by atoms with Crippen LogP contribution in [0.3, 0.4) is 0 Å². The first-order valence-electron chi connectivity index (χ1n) is 7.58. The standard InChI is InChI=1S/C17H29N/c1-2-3-4-5-6-7-8-9-10-11-12-13-14-15-16-17-18/h10-11,13-14H,2-9,12,15-16H2,1H3/b11-10+,14-13+. The molecule has 0 aromatic rings. The quantitative estimate of drug-likeness (QED) is 0.309. The predicted octanol–water partition coefficient (Wildman–Crippen LogP) is 5.93. The van der Waals surface area contributed by atoms with E-state index in [4.69, 9.17) is 5.26 Å². The minimum Gasteiger partial charge on any atom is -0.198 e. The van der Waals surface area contributed by atoms with Crippen molar-refractivity contribution in [1.29, 1.82) is 5.26 Å². The second-order valence-electron chi connectivity index (χ2n) is 4.79. The van der Waals surface area contributed by atoms with Gasteiger partial charge in [-0.1, -0.05) is 69.8 Å². The molecule has 0 amide bonds. The zero-order chi connectivity index (χ0) is 13.3. The lowest BCUT2D eigenvalue weighted by Crippen LogP contribution is -1.78. The van der Waals surface area contributed by atoms with Gasteiger partial charge in [0, 0.05) is 6.42 Å². The van der Waals surface area contributed by atoms with Crippen LogP contribution in [0.25, 0.3) is 0 Å². The van der Waals surface area contributed by atoms with Gasteiger partial charge in [-0.15, -0.1) is 0 Å². The van der Waals surface area contributed by atoms with E-state index in [0.29, 0.717) is 6.42 Å². The molecule has 1 heteroatoms. The van der Waals surface area contributed by atoms with Crippen LogP contribution in [0.2, 0.25) is 0 Å². The van der Waals surface area contributed by atoms with E-state index in [1.54, 1.807) is 0 Å². The molecule has 0 unspecified atom stereocenters. The second kappa shape index (κ2) is 16.0. The topological polar surface area (TPSA) is 23.8 Å². The molecule has 0 atom stereocenters. The second-order valence-corrected chi connectivity index (χ2v) is 4.79. The molecular weight excluding hydrogens is 218 g/mol. The van der Waals surface area contributed by atoms with Crippen molar-refractivity contribution in [3.63, 3.8) is 0 Å². The number of hydrogen-bond acceptors (Lipinski definition) is 1. The van der Waals surface area contributed by atoms with Crippen molar-refractivity contribution >= 4 is 0 Å². The van der Waals surface area contributed by atoms with Gasteiger partial charge >= 0.3 is 0 Å². The van der Waals surface area contributed by atoms with Gasteiger partial charge in [0.15, 0.2) is 0 Å². The number of rotatable bonds is 12. The average molecular weight is 247 g/mol. The van der Waals surface area contributed by atoms with Crippen LogP contribution in [-0.4, -0.2) is 0 Å². The van der Waals surface area contributed by atoms with Gasteiger partial charge in [0.05, 0.1) is 6.07 Å². The Morgan fingerprint density at radius 1 is 0.778 bits per heavy atom. The summed E-state index contributed by atoms with van der Waals surface area (Å²) in [7, 11) is 0. The van der Waals surface area contributed by atoms with E-state index in [2.05, 4.69) is 37.3 Å². The SMILES string of the molecule is CCCCCCCCC/C=C/C/C=C/CCC#N. The smallest absolute Gasteiger partial charge is 0.0624 e. The summed E-state index contributed by atoms with van der Waals surface area (Å²) in [6, 6.07) is 2.14. The molecule has 0 heterocycles. The molecule has 0 aliphatic rings. The molecule has 0 saturated heterocycles. The Morgan fingerprint density at radius 3 is 2.06 bits per heavy atom. The summed E-state index contributed by atoms with van der Waals surface area (Å²) in [6.07, 6.45) is 22.2. The Labute approximate surface area is 114 Å². The van der Waals surface area contributed by atoms with Crippen LogP contribution in [0, 0.1) is 11.3 Å². The van der Waals surface area contributed by atoms with E-state index in [0.717, 1.165) is 12.8 Å². The highest BCUT2D eigenvalue weighted by Crippen LogP contribution is 2.08. The zero-order valence-electron chi connectivity index (χ0n) is 12.0. The summed E-state index contributed by atoms with van der Waals surface area (Å²) < 4.78 is 0. The molecule has 0 aromatic heterocycles. The summed E-state index contributed by atoms with van der Waals surface area (Å²) in [5.74, 6) is 0. The highest BCUT2D eigenvalue weighted by atomic mass is 14.2. The number of unbranched alkanes of at least 4 members (excludes halogenated alkanes) is 8. The third kappa shape index (κ3) is 15.0. The lowest BCUT2D eigenvalue weighted by Gasteiger charge is -1.98. The maximum absolute atomic E-state index is 8.36. The van der Waals surface area contributed by atoms with Crippen molar-refractivity contribution in [2.45, 2.75) is 77.6 Å². The summed E-state index contributed by atoms with van der Waals surface area (Å²) in [6.45, 7) is 2.26. The maximum Gasteiger partial charge on any atom is 0.0624 e. The van der Waals surface area contributed by atoms with Crippen molar-refractivity contribution in [3.8, 4) is 6.07 Å². The molecule has 0 aromatic carbocycles. The van der Waals surface area contributed by atoms with Gasteiger partial charge < -0.3 is 0 Å². The first-order chi connectivity index (χ1) is 8.91. The number of nitriles is 1. The largest absolute Gasteiger partial charge is 0.198 e. The third-order valence-corrected chi connectivity index (χ3v) is 3.00. The highest BCUT2D eigenvalue weighted by Gasteiger charge is 1.88. The van der Waals surface area contributed by atoms with Crippen molar-refractivity contribution < 1.29 is 0 Å². The molecule has 0 bridgehead atoms. The van der Waals surface area contributed by atoms with Crippen molar-refractivity contribution in [1.82, 2.24) is 0 Å². The van der Waals surface area contributed by atoms with Gasteiger partial charge in [-0.3, -0.25) is 0 Å². The molecule has 0 N–H and O–H groups in total. The molecule has 0 rings (SSSR count). The Bertz CT molecular complexity index is 245. The molecule has 1 nitrogen and oxygen atoms in total. The monoisotopic (exact) mass is 247 g/mol. The molecule has 18 heavy (non-hydrogen) atoms. The van der Waals surface area contributed by atoms with E-state index >= 15 is 0 Å². The molecule has 0 radical (unpaired) electrons. The van der Waals surface area contributed by atoms with E-state index in [9.17, 15) is 0 Å². The van der Waals surface area contributed by atoms with Crippen LogP contribution < -0.4 is 0 Å². The lowest BCUT2D eigenvalue weighted by molar-refractivity contribution is 0.592. The Hall–Kier alpha value is -1.03. The van der Waals surface area contributed by atoms with Gasteiger partial charge in [-0.2, -0.15) is 5.26 Å². The van der Waals surface area contributed by atoms with Crippen LogP contribution in [0.4, 0.5) is 0 Å². The van der Waals surface area contributed by atoms with E-state index in [-0.39, 0.29) is 0 Å². The fourth-order valence-corrected chi connectivity index (χ4v) is 1.87. The first-order valence-corrected chi connectivity index (χ1v) is 7.58. The van der Waals surface area contributed by atoms with Gasteiger partial charge in [0.25, 0.3) is 0 Å². The zero-order valence-corrected chi connectivity index (χ0v) is 12.0. The summed E-state index contributed by atoms with van der Waals surface area (Å²) in [5, 5.41) is 8.36. The summed E-state index contributed by atoms with van der Waals surface area (Å²) in [5.41, 5.74) is 0. The van der Waals surface area contributed by atoms with Crippen LogP contribution in [0.5, 0.6) is 0 Å². The first kappa shape index (κ1) is 17.0. The predicted molar refractivity (Wildman–Crippen MR) is 80.4 cm³/mol. The van der Waals surface area contributed by atoms with Crippen LogP contribution >= 0.6 is 0 Å². The minimum absolute atomic E-state index is 0.637. The Kier molecular flexibility index (Phi) is 15.1. The van der Waals surface area contributed by atoms with E-state index < -0.39 is 0 Å². The normalized spacial score (nSPS) is 11.3. The fraction of sp³-hybridized carbons (Fsp3) is 0.706. The van der Waals surface area contributed by atoms with E-state index in [1.807, 2.05) is 0 Å². The van der Waals surface area contributed by atoms with Crippen LogP contribution in [-0.2, 0) is 0 Å². The van der Waals surface area contributed by atoms with Crippen molar-refractivity contribution in [2.24, 2.45) is 0 Å². The Balaban J connectivity index is 3.14. The molecule has 0 aliphatic heterocycles. The Morgan fingerprint density at radius 2 is 1.39 bits per heavy atom. The lowest BCUT2D eigenvalue weighted by atomic mass is 10.1. The average Bonchev–Trinajstić information content (AvgIpc) is 2.39. The van der Waals surface area contributed by atoms with E-state index in [1.165, 1.54) is 51.4 Å². The van der Waals surface area contributed by atoms with Crippen LogP contribution in [0.1, 0.15) is 77.6 Å². The number of allylic oxidation sites excluding steroid dienone is 4. The molecule has 102 valence electrons. The third-order valence-electron chi connectivity index (χ3n) is 3.00. The molecule has 0 saturated carbocycles. The number of hydrogen-bond donors (Lipinski definition) is 0. The summed E-state index contributed by atoms with van der Waals surface area (Å²) >= 11 is 0. The fourth-order valence-electron chi connectivity index (χ4n) is 1.87.